The van der Waals surface area contributed by atoms with E-state index in [1.807, 2.05) is 60.7 Å². The molecule has 1 unspecified atom stereocenters. The van der Waals surface area contributed by atoms with Gasteiger partial charge in [0.05, 0.1) is 5.69 Å². The minimum atomic E-state index is -0.918. The lowest BCUT2D eigenvalue weighted by Crippen LogP contribution is -2.42. The Kier molecular flexibility index (Phi) is 6.40. The molecule has 1 heterocycles. The van der Waals surface area contributed by atoms with Gasteiger partial charge in [-0.1, -0.05) is 67.8 Å². The zero-order chi connectivity index (χ0) is 21.6. The smallest absolute Gasteiger partial charge is 0.379 e. The summed E-state index contributed by atoms with van der Waals surface area (Å²) in [6.07, 6.45) is 4.45. The lowest BCUT2D eigenvalue weighted by molar-refractivity contribution is -0.130. The molecule has 1 amide bonds. The van der Waals surface area contributed by atoms with Crippen LogP contribution in [0, 0.1) is 0 Å². The third-order valence-electron chi connectivity index (χ3n) is 5.43. The number of aromatic nitrogens is 3. The minimum absolute atomic E-state index is 0.0833. The molecule has 1 N–H and O–H groups in total. The second-order valence-electron chi connectivity index (χ2n) is 7.76. The van der Waals surface area contributed by atoms with E-state index in [0.717, 1.165) is 36.9 Å². The maximum atomic E-state index is 12.7. The number of rotatable bonds is 6. The monoisotopic (exact) mass is 418 g/mol. The standard InChI is InChI=1S/C24H26N4O3/c1-17(23(29)25-19-13-7-3-8-14-19)31-24(30)21-26-22(18-11-5-2-6-12-18)28(27-21)20-15-9-4-10-16-20/h2,4-6,9-12,15-17,19H,3,7-8,13-14H2,1H3,(H,25,29). The lowest BCUT2D eigenvalue weighted by atomic mass is 9.95. The molecule has 1 atom stereocenters. The van der Waals surface area contributed by atoms with Crippen LogP contribution in [0.1, 0.15) is 49.6 Å². The van der Waals surface area contributed by atoms with Crippen molar-refractivity contribution in [3.05, 3.63) is 66.5 Å². The number of benzene rings is 2. The van der Waals surface area contributed by atoms with E-state index in [0.29, 0.717) is 5.82 Å². The molecule has 160 valence electrons. The number of nitrogens with zero attached hydrogens (tertiary/aromatic N) is 3. The molecule has 1 aromatic heterocycles. The predicted molar refractivity (Wildman–Crippen MR) is 117 cm³/mol. The van der Waals surface area contributed by atoms with E-state index in [9.17, 15) is 9.59 Å². The summed E-state index contributed by atoms with van der Waals surface area (Å²) in [5.74, 6) is -0.567. The molecule has 7 heteroatoms. The number of nitrogens with one attached hydrogen (secondary N) is 1. The number of para-hydroxylation sites is 1. The van der Waals surface area contributed by atoms with Gasteiger partial charge in [-0.05, 0) is 31.9 Å². The van der Waals surface area contributed by atoms with Crippen LogP contribution >= 0.6 is 0 Å². The van der Waals surface area contributed by atoms with E-state index in [4.69, 9.17) is 4.74 Å². The van der Waals surface area contributed by atoms with Crippen LogP contribution in [0.2, 0.25) is 0 Å². The van der Waals surface area contributed by atoms with Gasteiger partial charge >= 0.3 is 5.97 Å². The van der Waals surface area contributed by atoms with Crippen molar-refractivity contribution in [3.8, 4) is 17.1 Å². The number of carbonyl (C=O) groups excluding carboxylic acids is 2. The first-order valence-corrected chi connectivity index (χ1v) is 10.7. The van der Waals surface area contributed by atoms with Crippen molar-refractivity contribution in [3.63, 3.8) is 0 Å². The molecule has 1 saturated carbocycles. The first-order chi connectivity index (χ1) is 15.1. The molecule has 0 radical (unpaired) electrons. The molecule has 4 rings (SSSR count). The molecular weight excluding hydrogens is 392 g/mol. The van der Waals surface area contributed by atoms with Crippen LogP contribution in [0.25, 0.3) is 17.1 Å². The molecule has 1 aliphatic carbocycles. The summed E-state index contributed by atoms with van der Waals surface area (Å²) in [7, 11) is 0. The van der Waals surface area contributed by atoms with Gasteiger partial charge in [0.25, 0.3) is 11.7 Å². The van der Waals surface area contributed by atoms with E-state index < -0.39 is 12.1 Å². The van der Waals surface area contributed by atoms with Gasteiger partial charge in [-0.25, -0.2) is 14.5 Å². The van der Waals surface area contributed by atoms with Crippen molar-refractivity contribution in [1.29, 1.82) is 0 Å². The fraction of sp³-hybridized carbons (Fsp3) is 0.333. The van der Waals surface area contributed by atoms with Crippen molar-refractivity contribution in [2.24, 2.45) is 0 Å². The van der Waals surface area contributed by atoms with Crippen LogP contribution < -0.4 is 5.32 Å². The Balaban J connectivity index is 1.52. The van der Waals surface area contributed by atoms with Gasteiger partial charge in [-0.2, -0.15) is 0 Å². The number of carbonyl (C=O) groups is 2. The molecule has 0 spiro atoms. The molecule has 1 aliphatic rings. The third-order valence-corrected chi connectivity index (χ3v) is 5.43. The van der Waals surface area contributed by atoms with Crippen molar-refractivity contribution in [2.75, 3.05) is 0 Å². The number of esters is 1. The Morgan fingerprint density at radius 3 is 2.32 bits per heavy atom. The first kappa shape index (κ1) is 20.8. The maximum absolute atomic E-state index is 12.7. The van der Waals surface area contributed by atoms with Gasteiger partial charge in [-0.3, -0.25) is 4.79 Å². The molecule has 2 aromatic carbocycles. The molecule has 0 bridgehead atoms. The Bertz CT molecular complexity index is 970. The van der Waals surface area contributed by atoms with E-state index in [-0.39, 0.29) is 17.8 Å². The SMILES string of the molecule is CC(OC(=O)c1nc(-c2ccccc2)n(-c2ccccc2)n1)C(=O)NC1CCCCC1. The second kappa shape index (κ2) is 9.55. The minimum Gasteiger partial charge on any atom is -0.447 e. The summed E-state index contributed by atoms with van der Waals surface area (Å²) < 4.78 is 7.00. The van der Waals surface area contributed by atoms with Crippen molar-refractivity contribution in [1.82, 2.24) is 20.1 Å². The highest BCUT2D eigenvalue weighted by Gasteiger charge is 2.26. The van der Waals surface area contributed by atoms with Crippen LogP contribution in [0.4, 0.5) is 0 Å². The molecule has 0 aliphatic heterocycles. The second-order valence-corrected chi connectivity index (χ2v) is 7.76. The number of amides is 1. The van der Waals surface area contributed by atoms with Crippen molar-refractivity contribution >= 4 is 11.9 Å². The highest BCUT2D eigenvalue weighted by atomic mass is 16.5. The summed E-state index contributed by atoms with van der Waals surface area (Å²) in [5, 5.41) is 7.37. The molecule has 3 aromatic rings. The van der Waals surface area contributed by atoms with E-state index in [2.05, 4.69) is 15.4 Å². The van der Waals surface area contributed by atoms with Gasteiger partial charge < -0.3 is 10.1 Å². The first-order valence-electron chi connectivity index (χ1n) is 10.7. The Morgan fingerprint density at radius 1 is 1.00 bits per heavy atom. The molecule has 7 nitrogen and oxygen atoms in total. The van der Waals surface area contributed by atoms with Crippen LogP contribution in [0.5, 0.6) is 0 Å². The van der Waals surface area contributed by atoms with Gasteiger partial charge in [-0.15, -0.1) is 5.10 Å². The van der Waals surface area contributed by atoms with E-state index >= 15 is 0 Å². The largest absolute Gasteiger partial charge is 0.447 e. The predicted octanol–water partition coefficient (Wildman–Crippen LogP) is 3.93. The number of hydrogen-bond donors (Lipinski definition) is 1. The number of ether oxygens (including phenoxy) is 1. The Morgan fingerprint density at radius 2 is 1.65 bits per heavy atom. The zero-order valence-corrected chi connectivity index (χ0v) is 17.5. The third kappa shape index (κ3) is 4.99. The summed E-state index contributed by atoms with van der Waals surface area (Å²) in [4.78, 5) is 29.6. The van der Waals surface area contributed by atoms with E-state index in [1.165, 1.54) is 6.42 Å². The normalized spacial score (nSPS) is 15.3. The summed E-state index contributed by atoms with van der Waals surface area (Å²) >= 11 is 0. The van der Waals surface area contributed by atoms with Gasteiger partial charge in [0, 0.05) is 11.6 Å². The van der Waals surface area contributed by atoms with Gasteiger partial charge in [0.15, 0.2) is 11.9 Å². The number of hydrogen-bond acceptors (Lipinski definition) is 5. The highest BCUT2D eigenvalue weighted by molar-refractivity contribution is 5.89. The molecular formula is C24H26N4O3. The maximum Gasteiger partial charge on any atom is 0.379 e. The van der Waals surface area contributed by atoms with Crippen LogP contribution in [-0.2, 0) is 9.53 Å². The Hall–Kier alpha value is -3.48. The van der Waals surface area contributed by atoms with Gasteiger partial charge in [0.1, 0.15) is 0 Å². The molecule has 1 fully saturated rings. The fourth-order valence-corrected chi connectivity index (χ4v) is 3.75. The average molecular weight is 418 g/mol. The van der Waals surface area contributed by atoms with Crippen LogP contribution in [0.15, 0.2) is 60.7 Å². The molecule has 0 saturated heterocycles. The van der Waals surface area contributed by atoms with Crippen molar-refractivity contribution in [2.45, 2.75) is 51.2 Å². The quantitative estimate of drug-likeness (QED) is 0.613. The van der Waals surface area contributed by atoms with Crippen LogP contribution in [-0.4, -0.2) is 38.8 Å². The Labute approximate surface area is 181 Å². The summed E-state index contributed by atoms with van der Waals surface area (Å²) in [6.45, 7) is 1.57. The summed E-state index contributed by atoms with van der Waals surface area (Å²) in [6, 6.07) is 19.1. The fourth-order valence-electron chi connectivity index (χ4n) is 3.75. The van der Waals surface area contributed by atoms with Crippen molar-refractivity contribution < 1.29 is 14.3 Å². The van der Waals surface area contributed by atoms with E-state index in [1.54, 1.807) is 11.6 Å². The zero-order valence-electron chi connectivity index (χ0n) is 17.5. The summed E-state index contributed by atoms with van der Waals surface area (Å²) in [5.41, 5.74) is 1.59. The highest BCUT2D eigenvalue weighted by Crippen LogP contribution is 2.21. The molecule has 31 heavy (non-hydrogen) atoms. The average Bonchev–Trinajstić information content (AvgIpc) is 3.27. The lowest BCUT2D eigenvalue weighted by Gasteiger charge is -2.24. The van der Waals surface area contributed by atoms with Gasteiger partial charge in [0.2, 0.25) is 0 Å². The topological polar surface area (TPSA) is 86.1 Å². The van der Waals surface area contributed by atoms with Crippen LogP contribution in [0.3, 0.4) is 0 Å².